The van der Waals surface area contributed by atoms with E-state index in [-0.39, 0.29) is 27.0 Å². The van der Waals surface area contributed by atoms with Crippen LogP contribution >= 0.6 is 0 Å². The number of anilines is 2. The van der Waals surface area contributed by atoms with E-state index in [1.54, 1.807) is 30.3 Å². The van der Waals surface area contributed by atoms with E-state index in [1.807, 2.05) is 9.62 Å². The molecule has 1 aromatic heterocycles. The maximum absolute atomic E-state index is 14.6. The van der Waals surface area contributed by atoms with Crippen molar-refractivity contribution in [3.05, 3.63) is 66.2 Å². The summed E-state index contributed by atoms with van der Waals surface area (Å²) < 4.78 is 52.9. The van der Waals surface area contributed by atoms with E-state index < -0.39 is 27.8 Å². The molecule has 180 valence electrons. The summed E-state index contributed by atoms with van der Waals surface area (Å²) in [6.45, 7) is 1.61. The minimum atomic E-state index is -4.35. The number of carbonyl (C=O) groups excluding carboxylic acids is 2. The molecule has 4 aromatic rings. The lowest BCUT2D eigenvalue weighted by Crippen LogP contribution is -2.36. The molecule has 0 radical (unpaired) electrons. The molecule has 0 unspecified atom stereocenters. The minimum Gasteiger partial charge on any atom is -0.453 e. The monoisotopic (exact) mass is 497 g/mol. The van der Waals surface area contributed by atoms with Crippen LogP contribution in [0.25, 0.3) is 21.7 Å². The number of nitrogens with zero attached hydrogens (tertiary/aromatic N) is 1. The lowest BCUT2D eigenvalue weighted by molar-refractivity contribution is 0.0956. The minimum absolute atomic E-state index is 0.0838. The number of ether oxygens (including phenoxy) is 1. The van der Waals surface area contributed by atoms with Crippen molar-refractivity contribution in [3.63, 3.8) is 0 Å². The van der Waals surface area contributed by atoms with Gasteiger partial charge in [0.05, 0.1) is 23.1 Å². The molecule has 0 bridgehead atoms. The number of hydrogen-bond acceptors (Lipinski definition) is 7. The zero-order chi connectivity index (χ0) is 24.7. The van der Waals surface area contributed by atoms with Gasteiger partial charge >= 0.3 is 12.0 Å². The van der Waals surface area contributed by atoms with Crippen molar-refractivity contribution in [2.24, 2.45) is 0 Å². The SMILES string of the molecule is COC(=O)Nc1cccc2c(S(=O)(=O)NC(=O)c3cc4c(F)cc(N5CCC5)cc4o3)cccc12. The summed E-state index contributed by atoms with van der Waals surface area (Å²) in [5.74, 6) is -1.93. The molecule has 0 saturated carbocycles. The number of sulfonamides is 1. The number of amides is 2. The Bertz CT molecular complexity index is 1590. The van der Waals surface area contributed by atoms with E-state index in [1.165, 1.54) is 31.4 Å². The highest BCUT2D eigenvalue weighted by atomic mass is 32.2. The number of carbonyl (C=O) groups is 2. The Morgan fingerprint density at radius 3 is 2.49 bits per heavy atom. The molecule has 35 heavy (non-hydrogen) atoms. The van der Waals surface area contributed by atoms with Gasteiger partial charge in [0, 0.05) is 41.7 Å². The molecule has 0 atom stereocenters. The van der Waals surface area contributed by atoms with E-state index in [0.717, 1.165) is 19.5 Å². The number of rotatable bonds is 5. The first-order valence-corrected chi connectivity index (χ1v) is 12.2. The fraction of sp³-hybridized carbons (Fsp3) is 0.167. The third-order valence-electron chi connectivity index (χ3n) is 5.84. The first-order chi connectivity index (χ1) is 16.8. The van der Waals surface area contributed by atoms with Crippen LogP contribution in [-0.4, -0.2) is 40.6 Å². The van der Waals surface area contributed by atoms with Crippen molar-refractivity contribution >= 4 is 55.1 Å². The van der Waals surface area contributed by atoms with E-state index in [9.17, 15) is 22.4 Å². The summed E-state index contributed by atoms with van der Waals surface area (Å²) in [5, 5.41) is 3.31. The van der Waals surface area contributed by atoms with Crippen molar-refractivity contribution in [3.8, 4) is 0 Å². The molecule has 1 fully saturated rings. The third kappa shape index (κ3) is 4.14. The van der Waals surface area contributed by atoms with E-state index >= 15 is 0 Å². The average Bonchev–Trinajstić information content (AvgIpc) is 3.22. The summed E-state index contributed by atoms with van der Waals surface area (Å²) >= 11 is 0. The molecule has 3 aromatic carbocycles. The largest absolute Gasteiger partial charge is 0.453 e. The summed E-state index contributed by atoms with van der Waals surface area (Å²) in [5.41, 5.74) is 1.13. The van der Waals surface area contributed by atoms with E-state index in [4.69, 9.17) is 4.42 Å². The molecule has 1 saturated heterocycles. The fourth-order valence-electron chi connectivity index (χ4n) is 3.96. The number of benzene rings is 3. The molecular formula is C24H20FN3O6S. The lowest BCUT2D eigenvalue weighted by atomic mass is 10.1. The molecule has 1 aliphatic heterocycles. The number of fused-ring (bicyclic) bond motifs is 2. The van der Waals surface area contributed by atoms with Crippen LogP contribution in [0.3, 0.4) is 0 Å². The zero-order valence-electron chi connectivity index (χ0n) is 18.5. The topological polar surface area (TPSA) is 118 Å². The molecular weight excluding hydrogens is 477 g/mol. The van der Waals surface area contributed by atoms with Gasteiger partial charge in [-0.05, 0) is 24.6 Å². The molecule has 5 rings (SSSR count). The predicted octanol–water partition coefficient (Wildman–Crippen LogP) is 4.23. The van der Waals surface area contributed by atoms with Gasteiger partial charge in [0.25, 0.3) is 10.0 Å². The Balaban J connectivity index is 1.46. The Hall–Kier alpha value is -4.12. The third-order valence-corrected chi connectivity index (χ3v) is 7.23. The second kappa shape index (κ2) is 8.58. The summed E-state index contributed by atoms with van der Waals surface area (Å²) in [6.07, 6.45) is 0.297. The maximum atomic E-state index is 14.6. The van der Waals surface area contributed by atoms with Gasteiger partial charge in [-0.15, -0.1) is 0 Å². The molecule has 2 amide bonds. The summed E-state index contributed by atoms with van der Waals surface area (Å²) in [7, 11) is -3.14. The number of methoxy groups -OCH3 is 1. The van der Waals surface area contributed by atoms with Gasteiger partial charge < -0.3 is 14.1 Å². The fourth-order valence-corrected chi connectivity index (χ4v) is 5.14. The quantitative estimate of drug-likeness (QED) is 0.424. The molecule has 11 heteroatoms. The normalized spacial score (nSPS) is 13.5. The molecule has 1 aliphatic rings. The van der Waals surface area contributed by atoms with Gasteiger partial charge in [-0.25, -0.2) is 22.3 Å². The van der Waals surface area contributed by atoms with E-state index in [0.29, 0.717) is 16.8 Å². The van der Waals surface area contributed by atoms with Crippen LogP contribution in [0.4, 0.5) is 20.6 Å². The van der Waals surface area contributed by atoms with Crippen molar-refractivity contribution in [1.29, 1.82) is 0 Å². The van der Waals surface area contributed by atoms with E-state index in [2.05, 4.69) is 10.1 Å². The zero-order valence-corrected chi connectivity index (χ0v) is 19.3. The Kier molecular flexibility index (Phi) is 5.56. The summed E-state index contributed by atoms with van der Waals surface area (Å²) in [6, 6.07) is 13.3. The Labute approximate surface area is 199 Å². The Morgan fingerprint density at radius 1 is 1.03 bits per heavy atom. The predicted molar refractivity (Wildman–Crippen MR) is 128 cm³/mol. The van der Waals surface area contributed by atoms with Crippen LogP contribution < -0.4 is 14.9 Å². The Morgan fingerprint density at radius 2 is 1.77 bits per heavy atom. The van der Waals surface area contributed by atoms with Crippen molar-refractivity contribution in [1.82, 2.24) is 4.72 Å². The summed E-state index contributed by atoms with van der Waals surface area (Å²) in [4.78, 5) is 26.2. The van der Waals surface area contributed by atoms with Crippen molar-refractivity contribution < 1.29 is 31.6 Å². The second-order valence-corrected chi connectivity index (χ2v) is 9.65. The maximum Gasteiger partial charge on any atom is 0.411 e. The molecule has 2 N–H and O–H groups in total. The number of furan rings is 1. The highest BCUT2D eigenvalue weighted by molar-refractivity contribution is 7.90. The van der Waals surface area contributed by atoms with Crippen LogP contribution in [0.2, 0.25) is 0 Å². The van der Waals surface area contributed by atoms with Crippen LogP contribution in [0.5, 0.6) is 0 Å². The van der Waals surface area contributed by atoms with Gasteiger partial charge in [-0.1, -0.05) is 24.3 Å². The molecule has 2 heterocycles. The number of halogens is 1. The van der Waals surface area contributed by atoms with Gasteiger partial charge in [0.1, 0.15) is 11.4 Å². The first kappa shape index (κ1) is 22.7. The molecule has 9 nitrogen and oxygen atoms in total. The van der Waals surface area contributed by atoms with Gasteiger partial charge in [0.2, 0.25) is 0 Å². The smallest absolute Gasteiger partial charge is 0.411 e. The van der Waals surface area contributed by atoms with Crippen LogP contribution in [0.15, 0.2) is 63.9 Å². The highest BCUT2D eigenvalue weighted by Crippen LogP contribution is 2.31. The second-order valence-electron chi connectivity index (χ2n) is 8.00. The number of hydrogen-bond donors (Lipinski definition) is 2. The van der Waals surface area contributed by atoms with Crippen molar-refractivity contribution in [2.75, 3.05) is 30.4 Å². The van der Waals surface area contributed by atoms with Crippen LogP contribution in [0.1, 0.15) is 17.0 Å². The van der Waals surface area contributed by atoms with Crippen molar-refractivity contribution in [2.45, 2.75) is 11.3 Å². The molecule has 0 aliphatic carbocycles. The highest BCUT2D eigenvalue weighted by Gasteiger charge is 2.25. The standard InChI is InChI=1S/C24H20FN3O6S/c1-33-24(30)26-19-7-2-6-16-15(19)5-3-8-22(16)35(31,32)27-23(29)21-13-17-18(25)11-14(12-20(17)34-21)28-9-4-10-28/h2-3,5-8,11-13H,4,9-10H2,1H3,(H,26,30)(H,27,29). The van der Waals surface area contributed by atoms with Crippen LogP contribution in [-0.2, 0) is 14.8 Å². The van der Waals surface area contributed by atoms with Gasteiger partial charge in [-0.2, -0.15) is 0 Å². The van der Waals surface area contributed by atoms with Gasteiger partial charge in [-0.3, -0.25) is 10.1 Å². The lowest BCUT2D eigenvalue weighted by Gasteiger charge is -2.33. The van der Waals surface area contributed by atoms with Gasteiger partial charge in [0.15, 0.2) is 5.76 Å². The number of nitrogens with one attached hydrogen (secondary N) is 2. The van der Waals surface area contributed by atoms with Crippen LogP contribution in [0, 0.1) is 5.82 Å². The first-order valence-electron chi connectivity index (χ1n) is 10.7. The molecule has 0 spiro atoms. The average molecular weight is 498 g/mol.